The molecule has 2 saturated heterocycles. The van der Waals surface area contributed by atoms with Crippen molar-refractivity contribution in [1.29, 1.82) is 0 Å². The van der Waals surface area contributed by atoms with Gasteiger partial charge in [0.25, 0.3) is 0 Å². The molecule has 5 nitrogen and oxygen atoms in total. The van der Waals surface area contributed by atoms with Crippen molar-refractivity contribution in [2.24, 2.45) is 11.7 Å². The van der Waals surface area contributed by atoms with E-state index in [1.54, 1.807) is 6.92 Å². The fourth-order valence-corrected chi connectivity index (χ4v) is 1.98. The number of rotatable bonds is 1. The Morgan fingerprint density at radius 1 is 1.43 bits per heavy atom. The second-order valence-electron chi connectivity index (χ2n) is 3.98. The Kier molecular flexibility index (Phi) is 2.28. The summed E-state index contributed by atoms with van der Waals surface area (Å²) in [6, 6.07) is -0.479. The highest BCUT2D eigenvalue weighted by Gasteiger charge is 2.43. The molecular weight excluding hydrogens is 184 g/mol. The first-order chi connectivity index (χ1) is 6.61. The van der Waals surface area contributed by atoms with Gasteiger partial charge in [0.1, 0.15) is 0 Å². The van der Waals surface area contributed by atoms with Crippen LogP contribution in [0.4, 0.5) is 0 Å². The number of likely N-dealkylation sites (tertiary alicyclic amines) is 1. The Balaban J connectivity index is 2.17. The van der Waals surface area contributed by atoms with Gasteiger partial charge in [-0.15, -0.1) is 0 Å². The summed E-state index contributed by atoms with van der Waals surface area (Å²) >= 11 is 0. The van der Waals surface area contributed by atoms with Crippen LogP contribution in [0, 0.1) is 5.92 Å². The fourth-order valence-electron chi connectivity index (χ4n) is 1.98. The monoisotopic (exact) mass is 198 g/mol. The van der Waals surface area contributed by atoms with Gasteiger partial charge in [0, 0.05) is 12.3 Å². The van der Waals surface area contributed by atoms with E-state index in [4.69, 9.17) is 10.5 Å². The summed E-state index contributed by atoms with van der Waals surface area (Å²) in [4.78, 5) is 24.5. The van der Waals surface area contributed by atoms with Crippen molar-refractivity contribution in [3.8, 4) is 0 Å². The lowest BCUT2D eigenvalue weighted by atomic mass is 10.1. The van der Waals surface area contributed by atoms with Crippen molar-refractivity contribution in [1.82, 2.24) is 4.90 Å². The number of ether oxygens (including phenoxy) is 1. The zero-order valence-electron chi connectivity index (χ0n) is 8.10. The maximum atomic E-state index is 11.6. The van der Waals surface area contributed by atoms with Gasteiger partial charge in [0.15, 0.2) is 0 Å². The summed E-state index contributed by atoms with van der Waals surface area (Å²) in [5.74, 6) is -0.426. The first kappa shape index (κ1) is 9.61. The second kappa shape index (κ2) is 3.33. The first-order valence-electron chi connectivity index (χ1n) is 4.80. The highest BCUT2D eigenvalue weighted by molar-refractivity contribution is 6.03. The van der Waals surface area contributed by atoms with Crippen molar-refractivity contribution in [3.63, 3.8) is 0 Å². The first-order valence-corrected chi connectivity index (χ1v) is 4.80. The molecule has 5 heteroatoms. The number of hydrogen-bond donors (Lipinski definition) is 1. The van der Waals surface area contributed by atoms with Crippen LogP contribution in [0.2, 0.25) is 0 Å². The van der Waals surface area contributed by atoms with Crippen molar-refractivity contribution >= 4 is 11.8 Å². The molecule has 0 aliphatic carbocycles. The average Bonchev–Trinajstić information content (AvgIpc) is 2.60. The summed E-state index contributed by atoms with van der Waals surface area (Å²) in [5, 5.41) is 0. The molecule has 0 aromatic carbocycles. The Bertz CT molecular complexity index is 279. The van der Waals surface area contributed by atoms with Crippen molar-refractivity contribution in [3.05, 3.63) is 0 Å². The normalized spacial score (nSPS) is 38.4. The summed E-state index contributed by atoms with van der Waals surface area (Å²) in [5.41, 5.74) is 5.76. The van der Waals surface area contributed by atoms with E-state index in [1.807, 2.05) is 0 Å². The smallest absolute Gasteiger partial charge is 0.232 e. The van der Waals surface area contributed by atoms with Gasteiger partial charge in [-0.1, -0.05) is 6.92 Å². The molecule has 0 saturated carbocycles. The minimum absolute atomic E-state index is 0.110. The van der Waals surface area contributed by atoms with E-state index in [2.05, 4.69) is 0 Å². The summed E-state index contributed by atoms with van der Waals surface area (Å²) in [6.45, 7) is 2.57. The molecule has 2 aliphatic rings. The number of imide groups is 1. The van der Waals surface area contributed by atoms with Crippen LogP contribution in [-0.2, 0) is 14.3 Å². The van der Waals surface area contributed by atoms with Gasteiger partial charge < -0.3 is 10.5 Å². The third kappa shape index (κ3) is 1.33. The number of hydrogen-bond acceptors (Lipinski definition) is 4. The van der Waals surface area contributed by atoms with Gasteiger partial charge in [-0.05, 0) is 0 Å². The highest BCUT2D eigenvalue weighted by atomic mass is 16.5. The van der Waals surface area contributed by atoms with E-state index in [0.717, 1.165) is 0 Å². The third-order valence-electron chi connectivity index (χ3n) is 2.83. The number of nitrogens with two attached hydrogens (primary N) is 1. The average molecular weight is 198 g/mol. The van der Waals surface area contributed by atoms with E-state index in [1.165, 1.54) is 4.90 Å². The molecule has 2 amide bonds. The largest absolute Gasteiger partial charge is 0.378 e. The number of nitrogens with zero attached hydrogens (tertiary/aromatic N) is 1. The van der Waals surface area contributed by atoms with Crippen LogP contribution in [0.3, 0.4) is 0 Å². The Labute approximate surface area is 82.2 Å². The summed E-state index contributed by atoms with van der Waals surface area (Å²) < 4.78 is 5.14. The van der Waals surface area contributed by atoms with E-state index < -0.39 is 0 Å². The predicted molar refractivity (Wildman–Crippen MR) is 48.2 cm³/mol. The van der Waals surface area contributed by atoms with Crippen LogP contribution in [0.15, 0.2) is 0 Å². The number of amides is 2. The third-order valence-corrected chi connectivity index (χ3v) is 2.83. The predicted octanol–water partition coefficient (Wildman–Crippen LogP) is -0.892. The lowest BCUT2D eigenvalue weighted by Crippen LogP contribution is -2.49. The highest BCUT2D eigenvalue weighted by Crippen LogP contribution is 2.24. The molecule has 3 atom stereocenters. The SMILES string of the molecule is CC1CC(=O)N(C2COCC2N)C1=O. The van der Waals surface area contributed by atoms with E-state index >= 15 is 0 Å². The van der Waals surface area contributed by atoms with Gasteiger partial charge in [-0.2, -0.15) is 0 Å². The van der Waals surface area contributed by atoms with Crippen LogP contribution in [0.1, 0.15) is 13.3 Å². The molecule has 14 heavy (non-hydrogen) atoms. The Hall–Kier alpha value is -0.940. The van der Waals surface area contributed by atoms with Crippen molar-refractivity contribution in [2.75, 3.05) is 13.2 Å². The van der Waals surface area contributed by atoms with Gasteiger partial charge in [-0.3, -0.25) is 14.5 Å². The van der Waals surface area contributed by atoms with Gasteiger partial charge in [-0.25, -0.2) is 0 Å². The molecule has 2 heterocycles. The molecule has 2 rings (SSSR count). The number of carbonyl (C=O) groups excluding carboxylic acids is 2. The second-order valence-corrected chi connectivity index (χ2v) is 3.98. The van der Waals surface area contributed by atoms with Crippen LogP contribution >= 0.6 is 0 Å². The molecule has 0 radical (unpaired) electrons. The lowest BCUT2D eigenvalue weighted by molar-refractivity contribution is -0.142. The van der Waals surface area contributed by atoms with Crippen LogP contribution in [0.5, 0.6) is 0 Å². The van der Waals surface area contributed by atoms with Crippen LogP contribution in [0.25, 0.3) is 0 Å². The molecular formula is C9H14N2O3. The Morgan fingerprint density at radius 3 is 2.57 bits per heavy atom. The molecule has 78 valence electrons. The van der Waals surface area contributed by atoms with Gasteiger partial charge >= 0.3 is 0 Å². The minimum atomic E-state index is -0.250. The van der Waals surface area contributed by atoms with Gasteiger partial charge in [0.05, 0.1) is 25.3 Å². The summed E-state index contributed by atoms with van der Waals surface area (Å²) in [7, 11) is 0. The number of carbonyl (C=O) groups is 2. The lowest BCUT2D eigenvalue weighted by Gasteiger charge is -2.24. The maximum Gasteiger partial charge on any atom is 0.232 e. The van der Waals surface area contributed by atoms with E-state index in [0.29, 0.717) is 19.6 Å². The van der Waals surface area contributed by atoms with Crippen molar-refractivity contribution < 1.29 is 14.3 Å². The maximum absolute atomic E-state index is 11.6. The standard InChI is InChI=1S/C9H14N2O3/c1-5-2-8(12)11(9(5)13)7-4-14-3-6(7)10/h5-7H,2-4,10H2,1H3. The molecule has 2 N–H and O–H groups in total. The van der Waals surface area contributed by atoms with E-state index in [-0.39, 0.29) is 29.8 Å². The minimum Gasteiger partial charge on any atom is -0.378 e. The zero-order chi connectivity index (χ0) is 10.3. The molecule has 0 spiro atoms. The molecule has 2 aliphatic heterocycles. The van der Waals surface area contributed by atoms with Gasteiger partial charge in [0.2, 0.25) is 11.8 Å². The Morgan fingerprint density at radius 2 is 2.14 bits per heavy atom. The molecule has 3 unspecified atom stereocenters. The van der Waals surface area contributed by atoms with E-state index in [9.17, 15) is 9.59 Å². The van der Waals surface area contributed by atoms with Crippen LogP contribution < -0.4 is 5.73 Å². The molecule has 0 aromatic rings. The van der Waals surface area contributed by atoms with Crippen LogP contribution in [-0.4, -0.2) is 42.0 Å². The fraction of sp³-hybridized carbons (Fsp3) is 0.778. The quantitative estimate of drug-likeness (QED) is 0.555. The van der Waals surface area contributed by atoms with Crippen molar-refractivity contribution in [2.45, 2.75) is 25.4 Å². The zero-order valence-corrected chi connectivity index (χ0v) is 8.10. The topological polar surface area (TPSA) is 72.6 Å². The summed E-state index contributed by atoms with van der Waals surface area (Å²) in [6.07, 6.45) is 0.308. The molecule has 2 fully saturated rings. The molecule has 0 aromatic heterocycles. The molecule has 0 bridgehead atoms.